The van der Waals surface area contributed by atoms with Crippen LogP contribution in [0.2, 0.25) is 0 Å². The van der Waals surface area contributed by atoms with Crippen LogP contribution in [-0.4, -0.2) is 73.6 Å². The molecule has 0 bridgehead atoms. The van der Waals surface area contributed by atoms with E-state index in [1.165, 1.54) is 23.1 Å². The first-order chi connectivity index (χ1) is 32.8. The zero-order valence-corrected chi connectivity index (χ0v) is 37.2. The monoisotopic (exact) mass is 905 g/mol. The van der Waals surface area contributed by atoms with Crippen molar-refractivity contribution >= 4 is 62.7 Å². The van der Waals surface area contributed by atoms with Gasteiger partial charge >= 0.3 is 11.9 Å². The number of amides is 3. The number of carbonyl (C=O) groups excluding carboxylic acids is 4. The van der Waals surface area contributed by atoms with Crippen LogP contribution in [0.25, 0.3) is 21.5 Å². The van der Waals surface area contributed by atoms with Crippen LogP contribution in [0.1, 0.15) is 81.1 Å². The molecular weight excluding hydrogens is 859 g/mol. The molecule has 13 nitrogen and oxygen atoms in total. The van der Waals surface area contributed by atoms with Crippen molar-refractivity contribution in [3.05, 3.63) is 220 Å². The van der Waals surface area contributed by atoms with Crippen LogP contribution in [0.3, 0.4) is 0 Å². The fraction of sp³-hybridized carbons (Fsp3) is 0.127. The molecule has 0 spiro atoms. The summed E-state index contributed by atoms with van der Waals surface area (Å²) in [5, 5.41) is 25.3. The van der Waals surface area contributed by atoms with E-state index in [0.717, 1.165) is 49.5 Å². The van der Waals surface area contributed by atoms with Gasteiger partial charge in [-0.3, -0.25) is 38.8 Å². The number of hydrogen-bond donors (Lipinski definition) is 4. The van der Waals surface area contributed by atoms with Crippen LogP contribution in [0.5, 0.6) is 0 Å². The lowest BCUT2D eigenvalue weighted by Crippen LogP contribution is -2.36. The minimum Gasteiger partial charge on any atom is -0.481 e. The zero-order valence-electron chi connectivity index (χ0n) is 37.2. The van der Waals surface area contributed by atoms with Crippen molar-refractivity contribution in [2.45, 2.75) is 32.1 Å². The molecular formula is C55H47N5O8. The van der Waals surface area contributed by atoms with Crippen molar-refractivity contribution < 1.29 is 39.0 Å². The molecule has 0 radical (unpaired) electrons. The highest BCUT2D eigenvalue weighted by Crippen LogP contribution is 2.29. The van der Waals surface area contributed by atoms with Crippen LogP contribution in [0.15, 0.2) is 170 Å². The molecule has 0 saturated carbocycles. The van der Waals surface area contributed by atoms with E-state index in [-0.39, 0.29) is 48.2 Å². The van der Waals surface area contributed by atoms with E-state index in [9.17, 15) is 33.9 Å². The summed E-state index contributed by atoms with van der Waals surface area (Å²) in [4.78, 5) is 83.6. The van der Waals surface area contributed by atoms with Gasteiger partial charge in [0.2, 0.25) is 0 Å². The normalized spacial score (nSPS) is 12.5. The number of nitrogens with two attached hydrogens (primary N) is 1. The van der Waals surface area contributed by atoms with E-state index in [0.29, 0.717) is 16.7 Å². The number of benzene rings is 6. The first-order valence-electron chi connectivity index (χ1n) is 21.6. The van der Waals surface area contributed by atoms with E-state index in [2.05, 4.69) is 15.3 Å². The molecule has 1 aliphatic rings. The summed E-state index contributed by atoms with van der Waals surface area (Å²) in [6, 6.07) is 42.8. The van der Waals surface area contributed by atoms with Crippen LogP contribution < -0.4 is 11.1 Å². The number of nitrogens with one attached hydrogen (secondary N) is 1. The number of aromatic nitrogens is 2. The second-order valence-electron chi connectivity index (χ2n) is 16.3. The Morgan fingerprint density at radius 1 is 0.603 bits per heavy atom. The van der Waals surface area contributed by atoms with Gasteiger partial charge in [-0.2, -0.15) is 0 Å². The van der Waals surface area contributed by atoms with Crippen LogP contribution >= 0.6 is 0 Å². The van der Waals surface area contributed by atoms with Gasteiger partial charge in [-0.25, -0.2) is 4.79 Å². The fourth-order valence-corrected chi connectivity index (χ4v) is 7.75. The summed E-state index contributed by atoms with van der Waals surface area (Å²) in [5.74, 6) is -5.15. The third-order valence-corrected chi connectivity index (χ3v) is 11.5. The highest BCUT2D eigenvalue weighted by atomic mass is 16.4. The number of carboxylic acid groups (broad SMARTS) is 2. The van der Waals surface area contributed by atoms with Crippen LogP contribution in [0.4, 0.5) is 5.69 Å². The molecule has 3 amide bonds. The number of aliphatic carboxylic acids is 1. The molecule has 9 rings (SSSR count). The van der Waals surface area contributed by atoms with Gasteiger partial charge in [0.25, 0.3) is 17.7 Å². The number of Topliss-reactive ketones (excluding diaryl/α,β-unsaturated/α-hetero) is 1. The van der Waals surface area contributed by atoms with Gasteiger partial charge in [-0.05, 0) is 89.8 Å². The second-order valence-corrected chi connectivity index (χ2v) is 16.3. The van der Waals surface area contributed by atoms with E-state index in [1.54, 1.807) is 73.2 Å². The maximum absolute atomic E-state index is 13.5. The summed E-state index contributed by atoms with van der Waals surface area (Å²) in [7, 11) is 0. The predicted octanol–water partition coefficient (Wildman–Crippen LogP) is 8.84. The lowest BCUT2D eigenvalue weighted by Gasteiger charge is -2.22. The van der Waals surface area contributed by atoms with Crippen LogP contribution in [0, 0.1) is 13.8 Å². The third-order valence-electron chi connectivity index (χ3n) is 11.5. The van der Waals surface area contributed by atoms with Gasteiger partial charge in [-0.1, -0.05) is 108 Å². The van der Waals surface area contributed by atoms with Crippen molar-refractivity contribution in [3.63, 3.8) is 0 Å². The number of ketones is 1. The number of pyridine rings is 2. The standard InChI is InChI=1S/C28H22N2O3.C18H17NO5.C9H8N2/c1-18-6-9-20(10-7-18)25(17-30-27(32)23-4-2-3-5-24(23)28(30)33)26(31)15-19-8-11-22-16-29-13-12-21(22)14-19;1-11-6-8-12(9-7-11)15(18(23)24)10-19-16(20)13-4-2-3-5-14(13)17(21)22;10-9-2-1-8-6-11-4-3-7(8)5-9/h2-14,16,25H,15,17H2,1H3;2-9,15H,10H2,1H3,(H,19,20)(H,21,22)(H,23,24);1-6H,10H2. The minimum atomic E-state index is -1.21. The molecule has 0 fully saturated rings. The Hall–Kier alpha value is -8.84. The van der Waals surface area contributed by atoms with Gasteiger partial charge in [0.05, 0.1) is 34.1 Å². The van der Waals surface area contributed by atoms with E-state index < -0.39 is 29.7 Å². The molecule has 1 aliphatic heterocycles. The average molecular weight is 906 g/mol. The Bertz CT molecular complexity index is 3140. The van der Waals surface area contributed by atoms with E-state index in [4.69, 9.17) is 10.8 Å². The van der Waals surface area contributed by atoms with Gasteiger partial charge in [-0.15, -0.1) is 0 Å². The topological polar surface area (TPSA) is 210 Å². The molecule has 2 atom stereocenters. The molecule has 13 heteroatoms. The lowest BCUT2D eigenvalue weighted by molar-refractivity contribution is -0.138. The molecule has 2 aromatic heterocycles. The van der Waals surface area contributed by atoms with Gasteiger partial charge < -0.3 is 21.3 Å². The van der Waals surface area contributed by atoms with Crippen LogP contribution in [-0.2, 0) is 16.0 Å². The van der Waals surface area contributed by atoms with E-state index >= 15 is 0 Å². The minimum absolute atomic E-state index is 0.00181. The molecule has 340 valence electrons. The summed E-state index contributed by atoms with van der Waals surface area (Å²) in [6.07, 6.45) is 7.32. The lowest BCUT2D eigenvalue weighted by atomic mass is 9.89. The number of aromatic carboxylic acids is 1. The van der Waals surface area contributed by atoms with Crippen molar-refractivity contribution in [1.82, 2.24) is 20.2 Å². The molecule has 3 heterocycles. The fourth-order valence-electron chi connectivity index (χ4n) is 7.75. The van der Waals surface area contributed by atoms with Crippen molar-refractivity contribution in [2.75, 3.05) is 18.8 Å². The maximum atomic E-state index is 13.5. The molecule has 6 aromatic carbocycles. The Morgan fingerprint density at radius 3 is 1.68 bits per heavy atom. The molecule has 8 aromatic rings. The molecule has 2 unspecified atom stereocenters. The second kappa shape index (κ2) is 21.4. The quantitative estimate of drug-likeness (QED) is 0.0672. The van der Waals surface area contributed by atoms with E-state index in [1.807, 2.05) is 92.8 Å². The maximum Gasteiger partial charge on any atom is 0.336 e. The largest absolute Gasteiger partial charge is 0.481 e. The third kappa shape index (κ3) is 11.3. The van der Waals surface area contributed by atoms with Crippen molar-refractivity contribution in [2.24, 2.45) is 0 Å². The van der Waals surface area contributed by atoms with Crippen molar-refractivity contribution in [1.29, 1.82) is 0 Å². The smallest absolute Gasteiger partial charge is 0.336 e. The first-order valence-corrected chi connectivity index (χ1v) is 21.6. The van der Waals surface area contributed by atoms with Gasteiger partial charge in [0.1, 0.15) is 5.78 Å². The summed E-state index contributed by atoms with van der Waals surface area (Å²) >= 11 is 0. The predicted molar refractivity (Wildman–Crippen MR) is 260 cm³/mol. The molecule has 0 saturated heterocycles. The summed E-state index contributed by atoms with van der Waals surface area (Å²) in [5.41, 5.74) is 11.4. The number of aryl methyl sites for hydroxylation is 2. The number of imide groups is 1. The number of nitrogens with zero attached hydrogens (tertiary/aromatic N) is 3. The number of rotatable bonds is 12. The number of nitrogen functional groups attached to an aromatic ring is 1. The average Bonchev–Trinajstić information content (AvgIpc) is 3.58. The first kappa shape index (κ1) is 47.1. The Kier molecular flexibility index (Phi) is 14.9. The van der Waals surface area contributed by atoms with Gasteiger partial charge in [0, 0.05) is 60.8 Å². The van der Waals surface area contributed by atoms with Crippen molar-refractivity contribution in [3.8, 4) is 0 Å². The summed E-state index contributed by atoms with van der Waals surface area (Å²) < 4.78 is 0. The number of hydrogen-bond acceptors (Lipinski definition) is 9. The molecule has 5 N–H and O–H groups in total. The Balaban J connectivity index is 0.000000170. The summed E-state index contributed by atoms with van der Waals surface area (Å²) in [6.45, 7) is 3.76. The molecule has 68 heavy (non-hydrogen) atoms. The Labute approximate surface area is 391 Å². The highest BCUT2D eigenvalue weighted by molar-refractivity contribution is 6.21. The SMILES string of the molecule is Cc1ccc(C(CN2C(=O)c3ccccc3C2=O)C(=O)Cc2ccc3cnccc3c2)cc1.Cc1ccc(C(CNC(=O)c2ccccc2C(=O)O)C(=O)O)cc1.Nc1ccc2cnccc2c1. The number of carboxylic acids is 2. The van der Waals surface area contributed by atoms with Gasteiger partial charge in [0.15, 0.2) is 0 Å². The number of anilines is 1. The Morgan fingerprint density at radius 2 is 1.12 bits per heavy atom. The highest BCUT2D eigenvalue weighted by Gasteiger charge is 2.38. The zero-order chi connectivity index (χ0) is 48.3. The number of carbonyl (C=O) groups is 6. The molecule has 0 aliphatic carbocycles. The number of fused-ring (bicyclic) bond motifs is 3.